The van der Waals surface area contributed by atoms with Crippen molar-refractivity contribution in [2.75, 3.05) is 27.2 Å². The van der Waals surface area contributed by atoms with Crippen LogP contribution in [0.2, 0.25) is 0 Å². The first-order valence-corrected chi connectivity index (χ1v) is 5.38. The Morgan fingerprint density at radius 3 is 2.75 bits per heavy atom. The largest absolute Gasteiger partial charge is 0.486 e. The molecule has 4 heteroatoms. The van der Waals surface area contributed by atoms with E-state index in [0.29, 0.717) is 18.9 Å². The number of para-hydroxylation sites is 2. The summed E-state index contributed by atoms with van der Waals surface area (Å²) in [5.41, 5.74) is 0. The molecule has 4 nitrogen and oxygen atoms in total. The highest BCUT2D eigenvalue weighted by Crippen LogP contribution is 2.31. The Morgan fingerprint density at radius 1 is 1.38 bits per heavy atom. The number of aliphatic hydroxyl groups excluding tert-OH is 1. The fourth-order valence-corrected chi connectivity index (χ4v) is 1.72. The van der Waals surface area contributed by atoms with Gasteiger partial charge in [0.05, 0.1) is 0 Å². The van der Waals surface area contributed by atoms with Gasteiger partial charge in [0.1, 0.15) is 12.7 Å². The summed E-state index contributed by atoms with van der Waals surface area (Å²) in [6.07, 6.45) is -0.833. The summed E-state index contributed by atoms with van der Waals surface area (Å²) in [6, 6.07) is 7.51. The van der Waals surface area contributed by atoms with Crippen LogP contribution >= 0.6 is 0 Å². The first-order valence-electron chi connectivity index (χ1n) is 5.38. The van der Waals surface area contributed by atoms with Crippen LogP contribution in [-0.4, -0.2) is 49.5 Å². The van der Waals surface area contributed by atoms with E-state index in [-0.39, 0.29) is 6.10 Å². The number of rotatable bonds is 3. The van der Waals surface area contributed by atoms with E-state index in [9.17, 15) is 5.11 Å². The molecule has 0 aromatic heterocycles. The molecule has 0 spiro atoms. The second-order valence-electron chi connectivity index (χ2n) is 4.24. The van der Waals surface area contributed by atoms with Crippen molar-refractivity contribution < 1.29 is 14.6 Å². The number of aliphatic hydroxyl groups is 1. The number of hydrogen-bond donors (Lipinski definition) is 1. The van der Waals surface area contributed by atoms with E-state index in [1.54, 1.807) is 0 Å². The molecule has 0 amide bonds. The fraction of sp³-hybridized carbons (Fsp3) is 0.500. The minimum Gasteiger partial charge on any atom is -0.486 e. The quantitative estimate of drug-likeness (QED) is 0.821. The first kappa shape index (κ1) is 11.2. The van der Waals surface area contributed by atoms with Crippen molar-refractivity contribution in [3.8, 4) is 11.5 Å². The van der Waals surface area contributed by atoms with Gasteiger partial charge in [-0.2, -0.15) is 0 Å². The van der Waals surface area contributed by atoms with Gasteiger partial charge < -0.3 is 19.5 Å². The summed E-state index contributed by atoms with van der Waals surface area (Å²) in [5, 5.41) is 9.92. The van der Waals surface area contributed by atoms with E-state index in [4.69, 9.17) is 9.47 Å². The zero-order chi connectivity index (χ0) is 11.5. The molecule has 88 valence electrons. The van der Waals surface area contributed by atoms with Gasteiger partial charge in [-0.25, -0.2) is 0 Å². The summed E-state index contributed by atoms with van der Waals surface area (Å²) in [7, 11) is 3.84. The predicted octanol–water partition coefficient (Wildman–Crippen LogP) is 0.749. The van der Waals surface area contributed by atoms with Gasteiger partial charge in [-0.05, 0) is 26.2 Å². The first-order chi connectivity index (χ1) is 7.66. The maximum Gasteiger partial charge on any atom is 0.161 e. The molecule has 2 atom stereocenters. The second-order valence-corrected chi connectivity index (χ2v) is 4.24. The number of hydrogen-bond acceptors (Lipinski definition) is 4. The van der Waals surface area contributed by atoms with Crippen molar-refractivity contribution >= 4 is 0 Å². The summed E-state index contributed by atoms with van der Waals surface area (Å²) >= 11 is 0. The zero-order valence-electron chi connectivity index (χ0n) is 9.59. The molecule has 1 heterocycles. The van der Waals surface area contributed by atoms with Gasteiger partial charge >= 0.3 is 0 Å². The highest BCUT2D eigenvalue weighted by molar-refractivity contribution is 5.40. The monoisotopic (exact) mass is 223 g/mol. The van der Waals surface area contributed by atoms with Gasteiger partial charge in [0, 0.05) is 6.54 Å². The molecule has 1 aliphatic rings. The van der Waals surface area contributed by atoms with Crippen LogP contribution in [0.5, 0.6) is 11.5 Å². The van der Waals surface area contributed by atoms with Crippen LogP contribution in [0.3, 0.4) is 0 Å². The minimum absolute atomic E-state index is 0.294. The molecule has 1 aromatic carbocycles. The zero-order valence-corrected chi connectivity index (χ0v) is 9.59. The number of likely N-dealkylation sites (N-methyl/N-ethyl adjacent to an activating group) is 1. The van der Waals surface area contributed by atoms with Crippen molar-refractivity contribution in [2.24, 2.45) is 0 Å². The lowest BCUT2D eigenvalue weighted by atomic mass is 10.2. The van der Waals surface area contributed by atoms with Gasteiger partial charge in [-0.15, -0.1) is 0 Å². The number of benzene rings is 1. The maximum absolute atomic E-state index is 9.92. The summed E-state index contributed by atoms with van der Waals surface area (Å²) in [5.74, 6) is 1.45. The lowest BCUT2D eigenvalue weighted by Gasteiger charge is -2.30. The third kappa shape index (κ3) is 2.46. The third-order valence-electron chi connectivity index (χ3n) is 2.51. The average molecular weight is 223 g/mol. The number of ether oxygens (including phenoxy) is 2. The topological polar surface area (TPSA) is 41.9 Å². The van der Waals surface area contributed by atoms with Crippen molar-refractivity contribution in [1.29, 1.82) is 0 Å². The molecule has 0 saturated carbocycles. The van der Waals surface area contributed by atoms with E-state index < -0.39 is 6.10 Å². The Morgan fingerprint density at radius 2 is 2.06 bits per heavy atom. The number of nitrogens with zero attached hydrogens (tertiary/aromatic N) is 1. The Labute approximate surface area is 95.4 Å². The molecule has 0 fully saturated rings. The van der Waals surface area contributed by atoms with E-state index in [1.165, 1.54) is 0 Å². The normalized spacial score (nSPS) is 20.9. The van der Waals surface area contributed by atoms with E-state index in [2.05, 4.69) is 0 Å². The fourth-order valence-electron chi connectivity index (χ4n) is 1.72. The van der Waals surface area contributed by atoms with Crippen LogP contribution in [0.1, 0.15) is 0 Å². The van der Waals surface area contributed by atoms with E-state index in [1.807, 2.05) is 43.3 Å². The van der Waals surface area contributed by atoms with Gasteiger partial charge in [-0.3, -0.25) is 0 Å². The Hall–Kier alpha value is -1.26. The van der Waals surface area contributed by atoms with Crippen molar-refractivity contribution in [3.63, 3.8) is 0 Å². The van der Waals surface area contributed by atoms with Gasteiger partial charge in [0.15, 0.2) is 17.6 Å². The summed E-state index contributed by atoms with van der Waals surface area (Å²) in [6.45, 7) is 0.961. The molecule has 1 aliphatic heterocycles. The lowest BCUT2D eigenvalue weighted by molar-refractivity contribution is -0.0198. The molecule has 0 radical (unpaired) electrons. The minimum atomic E-state index is -0.539. The Bertz CT molecular complexity index is 354. The second kappa shape index (κ2) is 4.72. The Kier molecular flexibility index (Phi) is 3.31. The van der Waals surface area contributed by atoms with Gasteiger partial charge in [0.2, 0.25) is 0 Å². The molecule has 2 unspecified atom stereocenters. The third-order valence-corrected chi connectivity index (χ3v) is 2.51. The molecule has 0 saturated heterocycles. The molecule has 0 aliphatic carbocycles. The van der Waals surface area contributed by atoms with Crippen LogP contribution in [0.4, 0.5) is 0 Å². The van der Waals surface area contributed by atoms with Gasteiger partial charge in [-0.1, -0.05) is 12.1 Å². The maximum atomic E-state index is 9.92. The van der Waals surface area contributed by atoms with Crippen molar-refractivity contribution in [2.45, 2.75) is 12.2 Å². The van der Waals surface area contributed by atoms with Crippen LogP contribution in [0.25, 0.3) is 0 Å². The van der Waals surface area contributed by atoms with Crippen LogP contribution < -0.4 is 9.47 Å². The SMILES string of the molecule is CN(C)CC(O)C1COc2ccccc2O1. The van der Waals surface area contributed by atoms with E-state index >= 15 is 0 Å². The lowest BCUT2D eigenvalue weighted by Crippen LogP contribution is -2.44. The molecule has 1 aromatic rings. The smallest absolute Gasteiger partial charge is 0.161 e. The molecule has 16 heavy (non-hydrogen) atoms. The average Bonchev–Trinajstić information content (AvgIpc) is 2.27. The predicted molar refractivity (Wildman–Crippen MR) is 60.9 cm³/mol. The van der Waals surface area contributed by atoms with Crippen molar-refractivity contribution in [1.82, 2.24) is 4.90 Å². The molecular formula is C12H17NO3. The number of fused-ring (bicyclic) bond motifs is 1. The highest BCUT2D eigenvalue weighted by atomic mass is 16.6. The molecule has 2 rings (SSSR count). The van der Waals surface area contributed by atoms with Crippen LogP contribution in [0, 0.1) is 0 Å². The summed E-state index contributed by atoms with van der Waals surface area (Å²) < 4.78 is 11.2. The van der Waals surface area contributed by atoms with Crippen LogP contribution in [-0.2, 0) is 0 Å². The van der Waals surface area contributed by atoms with Crippen LogP contribution in [0.15, 0.2) is 24.3 Å². The van der Waals surface area contributed by atoms with E-state index in [0.717, 1.165) is 5.75 Å². The molecule has 1 N–H and O–H groups in total. The highest BCUT2D eigenvalue weighted by Gasteiger charge is 2.27. The van der Waals surface area contributed by atoms with Crippen molar-refractivity contribution in [3.05, 3.63) is 24.3 Å². The molecule has 0 bridgehead atoms. The summed E-state index contributed by atoms with van der Waals surface area (Å²) in [4.78, 5) is 1.93. The standard InChI is InChI=1S/C12H17NO3/c1-13(2)7-9(14)12-8-15-10-5-3-4-6-11(10)16-12/h3-6,9,12,14H,7-8H2,1-2H3. The molecular weight excluding hydrogens is 206 g/mol. The van der Waals surface area contributed by atoms with Gasteiger partial charge in [0.25, 0.3) is 0 Å². The Balaban J connectivity index is 2.02.